The second kappa shape index (κ2) is 4.62. The first-order valence-electron chi connectivity index (χ1n) is 5.06. The highest BCUT2D eigenvalue weighted by Gasteiger charge is 2.45. The second-order valence-corrected chi connectivity index (χ2v) is 3.86. The Balaban J connectivity index is 2.75. The van der Waals surface area contributed by atoms with Crippen LogP contribution in [-0.4, -0.2) is 43.2 Å². The molecule has 0 aromatic rings. The van der Waals surface area contributed by atoms with Crippen LogP contribution in [-0.2, 0) is 14.3 Å². The van der Waals surface area contributed by atoms with Crippen molar-refractivity contribution in [1.82, 2.24) is 4.81 Å². The molecule has 5 heteroatoms. The third-order valence-corrected chi connectivity index (χ3v) is 2.68. The normalized spacial score (nSPS) is 26.5. The molecule has 0 spiro atoms. The first-order valence-corrected chi connectivity index (χ1v) is 5.06. The molecule has 1 rings (SSSR count). The molecule has 1 heterocycles. The Kier molecular flexibility index (Phi) is 3.69. The van der Waals surface area contributed by atoms with E-state index in [1.54, 1.807) is 21.0 Å². The molecule has 0 bridgehead atoms. The molecular formula is C10H16BNO3. The lowest BCUT2D eigenvalue weighted by molar-refractivity contribution is -0.169. The molecule has 0 aromatic carbocycles. The molecule has 0 aliphatic carbocycles. The van der Waals surface area contributed by atoms with E-state index in [4.69, 9.17) is 4.74 Å². The zero-order valence-electron chi connectivity index (χ0n) is 9.28. The Morgan fingerprint density at radius 1 is 1.80 bits per heavy atom. The van der Waals surface area contributed by atoms with Crippen molar-refractivity contribution in [3.05, 3.63) is 12.7 Å². The average Bonchev–Trinajstić information content (AvgIpc) is 2.22. The van der Waals surface area contributed by atoms with Crippen LogP contribution in [0, 0.1) is 0 Å². The molecule has 0 saturated carbocycles. The topological polar surface area (TPSA) is 46.6 Å². The Labute approximate surface area is 90.7 Å². The van der Waals surface area contributed by atoms with Crippen LogP contribution >= 0.6 is 0 Å². The van der Waals surface area contributed by atoms with E-state index in [0.29, 0.717) is 26.0 Å². The lowest BCUT2D eigenvalue weighted by Crippen LogP contribution is -2.58. The molecule has 4 nitrogen and oxygen atoms in total. The van der Waals surface area contributed by atoms with Crippen molar-refractivity contribution in [1.29, 1.82) is 0 Å². The van der Waals surface area contributed by atoms with Crippen molar-refractivity contribution >= 4 is 19.7 Å². The van der Waals surface area contributed by atoms with Crippen LogP contribution in [0.3, 0.4) is 0 Å². The van der Waals surface area contributed by atoms with E-state index in [9.17, 15) is 9.59 Å². The number of rotatable bonds is 4. The van der Waals surface area contributed by atoms with E-state index in [1.165, 1.54) is 4.81 Å². The minimum Gasteiger partial charge on any atom is -0.389 e. The van der Waals surface area contributed by atoms with Gasteiger partial charge in [0.15, 0.2) is 5.78 Å². The number of hydrogen-bond donors (Lipinski definition) is 0. The summed E-state index contributed by atoms with van der Waals surface area (Å²) in [4.78, 5) is 25.2. The zero-order chi connectivity index (χ0) is 11.5. The van der Waals surface area contributed by atoms with Gasteiger partial charge in [0.05, 0.1) is 6.61 Å². The third kappa shape index (κ3) is 2.29. The van der Waals surface area contributed by atoms with Crippen LogP contribution in [0.1, 0.15) is 19.8 Å². The van der Waals surface area contributed by atoms with Gasteiger partial charge in [-0.3, -0.25) is 9.59 Å². The fourth-order valence-corrected chi connectivity index (χ4v) is 1.59. The minimum atomic E-state index is -1.28. The molecule has 0 aromatic heterocycles. The fourth-order valence-electron chi connectivity index (χ4n) is 1.59. The van der Waals surface area contributed by atoms with Gasteiger partial charge in [-0.1, -0.05) is 6.08 Å². The number of ether oxygens (including phenoxy) is 1. The number of allylic oxidation sites excluding steroid dienone is 1. The number of carbonyl (C=O) groups is 2. The summed E-state index contributed by atoms with van der Waals surface area (Å²) in [6.45, 7) is 6.06. The molecule has 1 aliphatic heterocycles. The van der Waals surface area contributed by atoms with Crippen molar-refractivity contribution in [2.75, 3.05) is 13.2 Å². The van der Waals surface area contributed by atoms with Gasteiger partial charge in [-0.25, -0.2) is 0 Å². The van der Waals surface area contributed by atoms with Crippen LogP contribution in [0.4, 0.5) is 0 Å². The van der Waals surface area contributed by atoms with Crippen LogP contribution in [0.15, 0.2) is 12.7 Å². The van der Waals surface area contributed by atoms with Crippen molar-refractivity contribution in [2.24, 2.45) is 0 Å². The summed E-state index contributed by atoms with van der Waals surface area (Å²) in [5.74, 6) is -0.415. The van der Waals surface area contributed by atoms with Gasteiger partial charge in [0.2, 0.25) is 19.5 Å². The van der Waals surface area contributed by atoms with Crippen molar-refractivity contribution in [3.63, 3.8) is 0 Å². The number of Topliss-reactive ketones (excluding diaryl/α,β-unsaturated/α-hetero) is 1. The lowest BCUT2D eigenvalue weighted by Gasteiger charge is -2.36. The minimum absolute atomic E-state index is 0.168. The predicted octanol–water partition coefficient (Wildman–Crippen LogP) is -0.313. The van der Waals surface area contributed by atoms with Crippen molar-refractivity contribution in [2.45, 2.75) is 25.4 Å². The van der Waals surface area contributed by atoms with Gasteiger partial charge in [0, 0.05) is 13.0 Å². The Morgan fingerprint density at radius 3 is 3.07 bits per heavy atom. The molecule has 82 valence electrons. The van der Waals surface area contributed by atoms with E-state index in [-0.39, 0.29) is 11.7 Å². The first kappa shape index (κ1) is 12.0. The number of amides is 1. The van der Waals surface area contributed by atoms with Crippen LogP contribution in [0.5, 0.6) is 0 Å². The average molecular weight is 209 g/mol. The van der Waals surface area contributed by atoms with Gasteiger partial charge in [-0.2, -0.15) is 0 Å². The third-order valence-electron chi connectivity index (χ3n) is 2.68. The molecule has 0 radical (unpaired) electrons. The van der Waals surface area contributed by atoms with E-state index in [0.717, 1.165) is 0 Å². The summed E-state index contributed by atoms with van der Waals surface area (Å²) in [6.07, 6.45) is 2.55. The highest BCUT2D eigenvalue weighted by atomic mass is 16.5. The van der Waals surface area contributed by atoms with Crippen molar-refractivity contribution in [3.8, 4) is 0 Å². The Hall–Kier alpha value is -1.10. The molecule has 1 aliphatic rings. The number of nitrogens with zero attached hydrogens (tertiary/aromatic N) is 1. The van der Waals surface area contributed by atoms with Crippen LogP contribution in [0.2, 0.25) is 0 Å². The monoisotopic (exact) mass is 209 g/mol. The standard InChI is InChI=1S/C10H16BNO3/c1-3-4-5-8(13)10(2)9(14)12(11)6-7-15-10/h3H,1,4-7,11H2,2H3. The summed E-state index contributed by atoms with van der Waals surface area (Å²) in [6, 6.07) is 0. The molecule has 15 heavy (non-hydrogen) atoms. The Bertz CT molecular complexity index is 292. The first-order chi connectivity index (χ1) is 7.02. The molecule has 1 fully saturated rings. The van der Waals surface area contributed by atoms with Gasteiger partial charge in [-0.05, 0) is 13.3 Å². The summed E-state index contributed by atoms with van der Waals surface area (Å²) < 4.78 is 5.33. The zero-order valence-corrected chi connectivity index (χ0v) is 9.28. The second-order valence-electron chi connectivity index (χ2n) is 3.86. The van der Waals surface area contributed by atoms with Gasteiger partial charge >= 0.3 is 0 Å². The lowest BCUT2D eigenvalue weighted by atomic mass is 9.92. The maximum atomic E-state index is 11.8. The summed E-state index contributed by atoms with van der Waals surface area (Å²) >= 11 is 0. The molecule has 1 atom stereocenters. The summed E-state index contributed by atoms with van der Waals surface area (Å²) in [5.41, 5.74) is -1.28. The molecule has 1 unspecified atom stereocenters. The summed E-state index contributed by atoms with van der Waals surface area (Å²) in [5, 5.41) is 0. The van der Waals surface area contributed by atoms with Gasteiger partial charge in [0.1, 0.15) is 0 Å². The van der Waals surface area contributed by atoms with Gasteiger partial charge < -0.3 is 9.55 Å². The highest BCUT2D eigenvalue weighted by molar-refractivity contribution is 6.21. The van der Waals surface area contributed by atoms with E-state index in [1.807, 2.05) is 0 Å². The van der Waals surface area contributed by atoms with Crippen LogP contribution < -0.4 is 0 Å². The van der Waals surface area contributed by atoms with E-state index >= 15 is 0 Å². The van der Waals surface area contributed by atoms with Gasteiger partial charge in [0.25, 0.3) is 0 Å². The maximum Gasteiger partial charge on any atom is 0.249 e. The molecular weight excluding hydrogens is 193 g/mol. The fraction of sp³-hybridized carbons (Fsp3) is 0.600. The summed E-state index contributed by atoms with van der Waals surface area (Å²) in [7, 11) is 1.68. The highest BCUT2D eigenvalue weighted by Crippen LogP contribution is 2.21. The van der Waals surface area contributed by atoms with E-state index in [2.05, 4.69) is 6.58 Å². The number of ketones is 1. The van der Waals surface area contributed by atoms with E-state index < -0.39 is 5.60 Å². The number of carbonyl (C=O) groups excluding carboxylic acids is 2. The maximum absolute atomic E-state index is 11.8. The van der Waals surface area contributed by atoms with Gasteiger partial charge in [-0.15, -0.1) is 6.58 Å². The number of hydrogen-bond acceptors (Lipinski definition) is 3. The quantitative estimate of drug-likeness (QED) is 0.362. The van der Waals surface area contributed by atoms with Crippen molar-refractivity contribution < 1.29 is 14.3 Å². The molecule has 0 N–H and O–H groups in total. The SMILES string of the molecule is BN1CCOC(C)(C(=O)CCC=C)C1=O. The largest absolute Gasteiger partial charge is 0.389 e. The number of morpholine rings is 1. The predicted molar refractivity (Wildman–Crippen MR) is 59.1 cm³/mol. The smallest absolute Gasteiger partial charge is 0.249 e. The Morgan fingerprint density at radius 2 is 2.47 bits per heavy atom. The molecule has 1 amide bonds. The van der Waals surface area contributed by atoms with Crippen LogP contribution in [0.25, 0.3) is 0 Å². The molecule has 1 saturated heterocycles.